The zero-order valence-corrected chi connectivity index (χ0v) is 14.9. The van der Waals surface area contributed by atoms with Crippen LogP contribution in [0.3, 0.4) is 0 Å². The van der Waals surface area contributed by atoms with Crippen LogP contribution in [0.25, 0.3) is 0 Å². The van der Waals surface area contributed by atoms with Gasteiger partial charge in [0.15, 0.2) is 5.82 Å². The van der Waals surface area contributed by atoms with Gasteiger partial charge in [-0.1, -0.05) is 13.3 Å². The molecule has 0 unspecified atom stereocenters. The Morgan fingerprint density at radius 2 is 1.92 bits per heavy atom. The lowest BCUT2D eigenvalue weighted by atomic mass is 10.0. The molecular formula is C16H29N7O. The number of carbonyl (C=O) groups excluding carboxylic acids is 1. The number of aromatic nitrogens is 4. The summed E-state index contributed by atoms with van der Waals surface area (Å²) in [5, 5.41) is 12.1. The van der Waals surface area contributed by atoms with Crippen molar-refractivity contribution in [2.45, 2.75) is 58.7 Å². The minimum absolute atomic E-state index is 0.222. The van der Waals surface area contributed by atoms with Crippen LogP contribution in [0.5, 0.6) is 0 Å². The lowest BCUT2D eigenvalue weighted by Crippen LogP contribution is -2.46. The summed E-state index contributed by atoms with van der Waals surface area (Å²) in [6.07, 6.45) is 4.33. The van der Waals surface area contributed by atoms with Gasteiger partial charge in [-0.05, 0) is 36.6 Å². The van der Waals surface area contributed by atoms with E-state index in [1.54, 1.807) is 0 Å². The molecule has 0 N–H and O–H groups in total. The molecule has 3 rings (SSSR count). The summed E-state index contributed by atoms with van der Waals surface area (Å²) in [7, 11) is 0. The van der Waals surface area contributed by atoms with Crippen molar-refractivity contribution in [3.8, 4) is 0 Å². The number of hydrogen-bond donors (Lipinski definition) is 0. The summed E-state index contributed by atoms with van der Waals surface area (Å²) in [5.41, 5.74) is 0. The predicted octanol–water partition coefficient (Wildman–Crippen LogP) is 1.20. The van der Waals surface area contributed by atoms with Gasteiger partial charge in [0.05, 0.1) is 6.54 Å². The number of rotatable bonds is 7. The lowest BCUT2D eigenvalue weighted by Gasteiger charge is -2.36. The number of urea groups is 1. The van der Waals surface area contributed by atoms with Crippen LogP contribution in [0.4, 0.5) is 4.79 Å². The fraction of sp³-hybridized carbons (Fsp3) is 0.875. The van der Waals surface area contributed by atoms with Gasteiger partial charge in [0.2, 0.25) is 0 Å². The van der Waals surface area contributed by atoms with Gasteiger partial charge in [0.25, 0.3) is 0 Å². The molecule has 2 fully saturated rings. The third-order valence-electron chi connectivity index (χ3n) is 5.20. The maximum absolute atomic E-state index is 12.3. The Morgan fingerprint density at radius 1 is 1.12 bits per heavy atom. The quantitative estimate of drug-likeness (QED) is 0.749. The molecule has 0 aliphatic carbocycles. The second-order valence-electron chi connectivity index (χ2n) is 6.73. The zero-order chi connectivity index (χ0) is 16.9. The van der Waals surface area contributed by atoms with Gasteiger partial charge < -0.3 is 9.80 Å². The maximum atomic E-state index is 12.3. The molecule has 2 amide bonds. The topological polar surface area (TPSA) is 70.4 Å². The van der Waals surface area contributed by atoms with Crippen molar-refractivity contribution in [3.05, 3.63) is 5.82 Å². The number of unbranched alkanes of at least 4 members (excludes halogenated alkanes) is 1. The highest BCUT2D eigenvalue weighted by Crippen LogP contribution is 2.22. The van der Waals surface area contributed by atoms with E-state index < -0.39 is 0 Å². The summed E-state index contributed by atoms with van der Waals surface area (Å²) >= 11 is 0. The van der Waals surface area contributed by atoms with E-state index in [-0.39, 0.29) is 6.03 Å². The van der Waals surface area contributed by atoms with E-state index in [0.29, 0.717) is 6.04 Å². The van der Waals surface area contributed by atoms with Crippen molar-refractivity contribution in [2.75, 3.05) is 32.7 Å². The molecule has 0 aromatic carbocycles. The molecule has 2 saturated heterocycles. The van der Waals surface area contributed by atoms with E-state index in [1.807, 2.05) is 16.5 Å². The number of aryl methyl sites for hydroxylation is 1. The fourth-order valence-electron chi connectivity index (χ4n) is 3.64. The summed E-state index contributed by atoms with van der Waals surface area (Å²) in [4.78, 5) is 18.7. The number of nitrogens with zero attached hydrogens (tertiary/aromatic N) is 7. The van der Waals surface area contributed by atoms with Crippen LogP contribution in [0.1, 0.15) is 45.4 Å². The van der Waals surface area contributed by atoms with Crippen LogP contribution in [-0.2, 0) is 13.1 Å². The highest BCUT2D eigenvalue weighted by molar-refractivity contribution is 5.76. The van der Waals surface area contributed by atoms with Crippen LogP contribution in [0.15, 0.2) is 0 Å². The van der Waals surface area contributed by atoms with E-state index in [0.717, 1.165) is 77.3 Å². The average Bonchev–Trinajstić information content (AvgIpc) is 3.20. The minimum Gasteiger partial charge on any atom is -0.323 e. The van der Waals surface area contributed by atoms with E-state index >= 15 is 0 Å². The molecular weight excluding hydrogens is 306 g/mol. The van der Waals surface area contributed by atoms with E-state index in [2.05, 4.69) is 32.2 Å². The molecule has 134 valence electrons. The number of piperidine rings is 1. The molecule has 8 nitrogen and oxygen atoms in total. The molecule has 2 aliphatic heterocycles. The van der Waals surface area contributed by atoms with Crippen LogP contribution < -0.4 is 0 Å². The molecule has 0 radical (unpaired) electrons. The largest absolute Gasteiger partial charge is 0.323 e. The second kappa shape index (κ2) is 7.92. The highest BCUT2D eigenvalue weighted by atomic mass is 16.2. The summed E-state index contributed by atoms with van der Waals surface area (Å²) < 4.78 is 1.93. The Morgan fingerprint density at radius 3 is 2.58 bits per heavy atom. The third-order valence-corrected chi connectivity index (χ3v) is 5.20. The first-order chi connectivity index (χ1) is 11.7. The monoisotopic (exact) mass is 335 g/mol. The van der Waals surface area contributed by atoms with Crippen LogP contribution >= 0.6 is 0 Å². The molecule has 0 bridgehead atoms. The Bertz CT molecular complexity index is 538. The number of tetrazole rings is 1. The smallest absolute Gasteiger partial charge is 0.320 e. The van der Waals surface area contributed by atoms with Crippen molar-refractivity contribution in [3.63, 3.8) is 0 Å². The average molecular weight is 335 g/mol. The van der Waals surface area contributed by atoms with Crippen molar-refractivity contribution in [2.24, 2.45) is 0 Å². The van der Waals surface area contributed by atoms with E-state index in [9.17, 15) is 4.79 Å². The normalized spacial score (nSPS) is 20.3. The second-order valence-corrected chi connectivity index (χ2v) is 6.73. The fourth-order valence-corrected chi connectivity index (χ4v) is 3.64. The van der Waals surface area contributed by atoms with Crippen molar-refractivity contribution in [1.82, 2.24) is 34.9 Å². The molecule has 24 heavy (non-hydrogen) atoms. The zero-order valence-electron chi connectivity index (χ0n) is 14.9. The Hall–Kier alpha value is -1.70. The van der Waals surface area contributed by atoms with Gasteiger partial charge in [-0.15, -0.1) is 5.10 Å². The van der Waals surface area contributed by atoms with Gasteiger partial charge in [-0.25, -0.2) is 9.48 Å². The number of amides is 2. The molecule has 3 heterocycles. The first-order valence-corrected chi connectivity index (χ1v) is 9.25. The molecule has 2 aliphatic rings. The first kappa shape index (κ1) is 17.1. The Balaban J connectivity index is 1.49. The molecule has 1 aromatic rings. The van der Waals surface area contributed by atoms with E-state index in [4.69, 9.17) is 0 Å². The van der Waals surface area contributed by atoms with Crippen molar-refractivity contribution >= 4 is 6.03 Å². The van der Waals surface area contributed by atoms with Crippen LogP contribution in [-0.4, -0.2) is 79.7 Å². The molecule has 0 saturated carbocycles. The van der Waals surface area contributed by atoms with Gasteiger partial charge in [0, 0.05) is 45.3 Å². The van der Waals surface area contributed by atoms with Crippen LogP contribution in [0, 0.1) is 0 Å². The summed E-state index contributed by atoms with van der Waals surface area (Å²) in [6, 6.07) is 0.612. The molecule has 0 atom stereocenters. The van der Waals surface area contributed by atoms with Crippen molar-refractivity contribution < 1.29 is 4.79 Å². The summed E-state index contributed by atoms with van der Waals surface area (Å²) in [6.45, 7) is 10.5. The molecule has 8 heteroatoms. The number of hydrogen-bond acceptors (Lipinski definition) is 5. The lowest BCUT2D eigenvalue weighted by molar-refractivity contribution is 0.124. The SMILES string of the molecule is CCCCn1nnnc1CN1CCC(N2CCN(CC)C2=O)CC1. The predicted molar refractivity (Wildman–Crippen MR) is 90.4 cm³/mol. The Kier molecular flexibility index (Phi) is 5.65. The van der Waals surface area contributed by atoms with Gasteiger partial charge >= 0.3 is 6.03 Å². The van der Waals surface area contributed by atoms with Gasteiger partial charge in [-0.2, -0.15) is 0 Å². The number of carbonyl (C=O) groups is 1. The number of likely N-dealkylation sites (tertiary alicyclic amines) is 1. The highest BCUT2D eigenvalue weighted by Gasteiger charge is 2.34. The molecule has 1 aromatic heterocycles. The first-order valence-electron chi connectivity index (χ1n) is 9.25. The minimum atomic E-state index is 0.222. The number of likely N-dealkylation sites (N-methyl/N-ethyl adjacent to an activating group) is 1. The van der Waals surface area contributed by atoms with E-state index in [1.165, 1.54) is 0 Å². The Labute approximate surface area is 143 Å². The third kappa shape index (κ3) is 3.68. The standard InChI is InChI=1S/C16H29N7O/c1-3-5-8-23-15(17-18-19-23)13-20-9-6-14(7-10-20)22-12-11-21(4-2)16(22)24/h14H,3-13H2,1-2H3. The van der Waals surface area contributed by atoms with Crippen molar-refractivity contribution in [1.29, 1.82) is 0 Å². The maximum Gasteiger partial charge on any atom is 0.320 e. The molecule has 0 spiro atoms. The summed E-state index contributed by atoms with van der Waals surface area (Å²) in [5.74, 6) is 0.955. The van der Waals surface area contributed by atoms with Crippen LogP contribution in [0.2, 0.25) is 0 Å². The van der Waals surface area contributed by atoms with Gasteiger partial charge in [-0.3, -0.25) is 4.90 Å². The van der Waals surface area contributed by atoms with Gasteiger partial charge in [0.1, 0.15) is 0 Å².